The van der Waals surface area contributed by atoms with Gasteiger partial charge in [-0.3, -0.25) is 4.79 Å². The molecule has 1 aromatic rings. The lowest BCUT2D eigenvalue weighted by molar-refractivity contribution is 0.0922. The minimum Gasteiger partial charge on any atom is -0.380 e. The predicted molar refractivity (Wildman–Crippen MR) is 76.7 cm³/mol. The Morgan fingerprint density at radius 1 is 1.35 bits per heavy atom. The van der Waals surface area contributed by atoms with Gasteiger partial charge in [-0.2, -0.15) is 0 Å². The Morgan fingerprint density at radius 3 is 2.55 bits per heavy atom. The zero-order valence-electron chi connectivity index (χ0n) is 10.7. The molecular formula is C11H14Cl2N2O4S. The molecule has 9 heteroatoms. The number of carbonyl (C=O) groups is 1. The number of primary sulfonamides is 1. The van der Waals surface area contributed by atoms with Crippen LogP contribution in [0, 0.1) is 0 Å². The fourth-order valence-electron chi connectivity index (χ4n) is 1.40. The summed E-state index contributed by atoms with van der Waals surface area (Å²) in [7, 11) is -4.03. The first-order chi connectivity index (χ1) is 9.27. The van der Waals surface area contributed by atoms with E-state index in [-0.39, 0.29) is 27.0 Å². The first-order valence-electron chi connectivity index (χ1n) is 5.65. The summed E-state index contributed by atoms with van der Waals surface area (Å²) in [6.45, 7) is 2.98. The van der Waals surface area contributed by atoms with Crippen molar-refractivity contribution in [1.29, 1.82) is 0 Å². The van der Waals surface area contributed by atoms with Crippen molar-refractivity contribution < 1.29 is 17.9 Å². The van der Waals surface area contributed by atoms with Gasteiger partial charge in [-0.1, -0.05) is 23.2 Å². The van der Waals surface area contributed by atoms with Gasteiger partial charge in [0.2, 0.25) is 10.0 Å². The molecule has 0 heterocycles. The van der Waals surface area contributed by atoms with Crippen LogP contribution in [0.3, 0.4) is 0 Å². The Balaban J connectivity index is 2.98. The van der Waals surface area contributed by atoms with E-state index in [1.807, 2.05) is 6.92 Å². The van der Waals surface area contributed by atoms with Crippen LogP contribution in [-0.2, 0) is 14.8 Å². The molecule has 0 aliphatic carbocycles. The number of benzene rings is 1. The van der Waals surface area contributed by atoms with E-state index in [1.54, 1.807) is 0 Å². The fourth-order valence-corrected chi connectivity index (χ4v) is 2.80. The molecule has 20 heavy (non-hydrogen) atoms. The van der Waals surface area contributed by atoms with Crippen LogP contribution in [0.25, 0.3) is 0 Å². The van der Waals surface area contributed by atoms with Crippen molar-refractivity contribution in [2.45, 2.75) is 11.8 Å². The van der Waals surface area contributed by atoms with Gasteiger partial charge < -0.3 is 10.1 Å². The van der Waals surface area contributed by atoms with Crippen LogP contribution in [-0.4, -0.2) is 34.1 Å². The van der Waals surface area contributed by atoms with E-state index in [1.165, 1.54) is 6.07 Å². The Kier molecular flexibility index (Phi) is 6.22. The maximum Gasteiger partial charge on any atom is 0.252 e. The number of rotatable bonds is 6. The molecule has 0 atom stereocenters. The van der Waals surface area contributed by atoms with E-state index < -0.39 is 15.9 Å². The van der Waals surface area contributed by atoms with Gasteiger partial charge in [0.15, 0.2) is 0 Å². The summed E-state index contributed by atoms with van der Waals surface area (Å²) in [5.41, 5.74) is -0.0170. The highest BCUT2D eigenvalue weighted by molar-refractivity contribution is 7.89. The molecule has 3 N–H and O–H groups in total. The predicted octanol–water partition coefficient (Wildman–Crippen LogP) is 1.41. The lowest BCUT2D eigenvalue weighted by Crippen LogP contribution is -2.28. The van der Waals surface area contributed by atoms with E-state index in [4.69, 9.17) is 33.1 Å². The van der Waals surface area contributed by atoms with Crippen LogP contribution in [0.2, 0.25) is 10.0 Å². The second-order valence-corrected chi connectivity index (χ2v) is 6.10. The molecule has 1 rings (SSSR count). The Morgan fingerprint density at radius 2 is 2.00 bits per heavy atom. The van der Waals surface area contributed by atoms with E-state index in [0.29, 0.717) is 13.2 Å². The average Bonchev–Trinajstić information content (AvgIpc) is 2.32. The van der Waals surface area contributed by atoms with E-state index >= 15 is 0 Å². The number of carbonyl (C=O) groups excluding carboxylic acids is 1. The first-order valence-corrected chi connectivity index (χ1v) is 7.95. The average molecular weight is 341 g/mol. The minimum atomic E-state index is -4.03. The number of sulfonamides is 1. The standard InChI is InChI=1S/C11H14Cl2N2O4S/c1-2-19-4-3-15-11(16)7-5-10(20(14,17)18)9(13)6-8(7)12/h5-6H,2-4H2,1H3,(H,15,16)(H2,14,17,18). The molecule has 112 valence electrons. The van der Waals surface area contributed by atoms with E-state index in [0.717, 1.165) is 6.07 Å². The Labute approximate surface area is 127 Å². The number of nitrogens with one attached hydrogen (secondary N) is 1. The summed E-state index contributed by atoms with van der Waals surface area (Å²) in [5, 5.41) is 7.46. The molecule has 0 fully saturated rings. The SMILES string of the molecule is CCOCCNC(=O)c1cc(S(N)(=O)=O)c(Cl)cc1Cl. The normalized spacial score (nSPS) is 11.4. The lowest BCUT2D eigenvalue weighted by Gasteiger charge is -2.09. The summed E-state index contributed by atoms with van der Waals surface area (Å²) in [5.74, 6) is -0.531. The monoisotopic (exact) mass is 340 g/mol. The molecule has 0 aliphatic rings. The van der Waals surface area contributed by atoms with Gasteiger partial charge >= 0.3 is 0 Å². The van der Waals surface area contributed by atoms with Gasteiger partial charge in [-0.05, 0) is 19.1 Å². The summed E-state index contributed by atoms with van der Waals surface area (Å²) >= 11 is 11.6. The highest BCUT2D eigenvalue weighted by Crippen LogP contribution is 2.27. The summed E-state index contributed by atoms with van der Waals surface area (Å²) in [4.78, 5) is 11.5. The number of halogens is 2. The summed E-state index contributed by atoms with van der Waals surface area (Å²) < 4.78 is 27.7. The number of hydrogen-bond donors (Lipinski definition) is 2. The zero-order valence-corrected chi connectivity index (χ0v) is 13.0. The Hall–Kier alpha value is -0.860. The third-order valence-electron chi connectivity index (χ3n) is 2.31. The van der Waals surface area contributed by atoms with Crippen molar-refractivity contribution in [2.75, 3.05) is 19.8 Å². The molecular weight excluding hydrogens is 327 g/mol. The van der Waals surface area contributed by atoms with Crippen LogP contribution in [0.5, 0.6) is 0 Å². The summed E-state index contributed by atoms with van der Waals surface area (Å²) in [6.07, 6.45) is 0. The van der Waals surface area contributed by atoms with Crippen molar-refractivity contribution in [3.05, 3.63) is 27.7 Å². The van der Waals surface area contributed by atoms with Gasteiger partial charge in [0, 0.05) is 13.2 Å². The minimum absolute atomic E-state index is 0.0170. The molecule has 0 saturated carbocycles. The van der Waals surface area contributed by atoms with Crippen LogP contribution in [0.4, 0.5) is 0 Å². The maximum absolute atomic E-state index is 11.9. The smallest absolute Gasteiger partial charge is 0.252 e. The molecule has 6 nitrogen and oxygen atoms in total. The fraction of sp³-hybridized carbons (Fsp3) is 0.364. The topological polar surface area (TPSA) is 98.5 Å². The van der Waals surface area contributed by atoms with Crippen molar-refractivity contribution >= 4 is 39.1 Å². The van der Waals surface area contributed by atoms with Crippen LogP contribution < -0.4 is 10.5 Å². The summed E-state index contributed by atoms with van der Waals surface area (Å²) in [6, 6.07) is 2.22. The molecule has 1 aromatic carbocycles. The number of nitrogens with two attached hydrogens (primary N) is 1. The van der Waals surface area contributed by atoms with Crippen molar-refractivity contribution in [2.24, 2.45) is 5.14 Å². The first kappa shape index (κ1) is 17.2. The quantitative estimate of drug-likeness (QED) is 0.764. The molecule has 1 amide bonds. The maximum atomic E-state index is 11.9. The van der Waals surface area contributed by atoms with Crippen molar-refractivity contribution in [1.82, 2.24) is 5.32 Å². The van der Waals surface area contributed by atoms with Crippen LogP contribution >= 0.6 is 23.2 Å². The van der Waals surface area contributed by atoms with E-state index in [9.17, 15) is 13.2 Å². The van der Waals surface area contributed by atoms with Gasteiger partial charge in [0.05, 0.1) is 22.2 Å². The number of hydrogen-bond acceptors (Lipinski definition) is 4. The number of ether oxygens (including phenoxy) is 1. The van der Waals surface area contributed by atoms with Crippen molar-refractivity contribution in [3.8, 4) is 0 Å². The Bertz CT molecular complexity index is 605. The molecule has 0 unspecified atom stereocenters. The highest BCUT2D eigenvalue weighted by atomic mass is 35.5. The third kappa shape index (κ3) is 4.60. The van der Waals surface area contributed by atoms with Crippen LogP contribution in [0.15, 0.2) is 17.0 Å². The van der Waals surface area contributed by atoms with Gasteiger partial charge in [-0.25, -0.2) is 13.6 Å². The van der Waals surface area contributed by atoms with Gasteiger partial charge in [0.1, 0.15) is 4.90 Å². The molecule has 0 saturated heterocycles. The number of amides is 1. The zero-order chi connectivity index (χ0) is 15.3. The molecule has 0 aliphatic heterocycles. The second-order valence-electron chi connectivity index (χ2n) is 3.76. The van der Waals surface area contributed by atoms with Gasteiger partial charge in [-0.15, -0.1) is 0 Å². The largest absolute Gasteiger partial charge is 0.380 e. The second kappa shape index (κ2) is 7.24. The highest BCUT2D eigenvalue weighted by Gasteiger charge is 2.19. The van der Waals surface area contributed by atoms with E-state index in [2.05, 4.69) is 5.32 Å². The molecule has 0 bridgehead atoms. The van der Waals surface area contributed by atoms with Crippen molar-refractivity contribution in [3.63, 3.8) is 0 Å². The molecule has 0 aromatic heterocycles. The third-order valence-corrected chi connectivity index (χ3v) is 4.00. The molecule has 0 spiro atoms. The van der Waals surface area contributed by atoms with Gasteiger partial charge in [0.25, 0.3) is 5.91 Å². The molecule has 0 radical (unpaired) electrons. The lowest BCUT2D eigenvalue weighted by atomic mass is 10.2. The van der Waals surface area contributed by atoms with Crippen LogP contribution in [0.1, 0.15) is 17.3 Å².